The first-order valence-corrected chi connectivity index (χ1v) is 9.00. The Hall–Kier alpha value is -0.820. The van der Waals surface area contributed by atoms with Crippen LogP contribution < -0.4 is 5.32 Å². The summed E-state index contributed by atoms with van der Waals surface area (Å²) in [7, 11) is 0. The second-order valence-corrected chi connectivity index (χ2v) is 7.66. The van der Waals surface area contributed by atoms with Crippen LogP contribution in [-0.2, 0) is 0 Å². The number of nitrogens with one attached hydrogen (secondary N) is 1. The molecule has 1 heteroatoms. The minimum Gasteiger partial charge on any atom is -0.313 e. The molecule has 21 heavy (non-hydrogen) atoms. The quantitative estimate of drug-likeness (QED) is 0.777. The summed E-state index contributed by atoms with van der Waals surface area (Å²) in [4.78, 5) is 0. The molecule has 0 radical (unpaired) electrons. The van der Waals surface area contributed by atoms with Crippen LogP contribution in [0.3, 0.4) is 0 Å². The zero-order chi connectivity index (χ0) is 14.7. The molecule has 3 rings (SSSR count). The maximum absolute atomic E-state index is 3.76. The van der Waals surface area contributed by atoms with Gasteiger partial charge in [-0.25, -0.2) is 0 Å². The van der Waals surface area contributed by atoms with Gasteiger partial charge in [-0.3, -0.25) is 0 Å². The van der Waals surface area contributed by atoms with Crippen molar-refractivity contribution in [3.8, 4) is 0 Å². The van der Waals surface area contributed by atoms with Gasteiger partial charge in [-0.05, 0) is 54.9 Å². The van der Waals surface area contributed by atoms with E-state index in [0.29, 0.717) is 5.92 Å². The Morgan fingerprint density at radius 3 is 2.43 bits per heavy atom. The van der Waals surface area contributed by atoms with Crippen molar-refractivity contribution in [2.24, 2.45) is 17.8 Å². The van der Waals surface area contributed by atoms with E-state index in [9.17, 15) is 0 Å². The Balaban J connectivity index is 1.61. The summed E-state index contributed by atoms with van der Waals surface area (Å²) >= 11 is 0. The first kappa shape index (κ1) is 15.1. The summed E-state index contributed by atoms with van der Waals surface area (Å²) in [5.41, 5.74) is 1.54. The molecule has 0 amide bonds. The predicted octanol–water partition coefficient (Wildman–Crippen LogP) is 4.98. The van der Waals surface area contributed by atoms with Crippen molar-refractivity contribution in [1.29, 1.82) is 0 Å². The van der Waals surface area contributed by atoms with Crippen molar-refractivity contribution in [1.82, 2.24) is 5.32 Å². The van der Waals surface area contributed by atoms with Gasteiger partial charge in [-0.15, -0.1) is 0 Å². The number of benzene rings is 1. The van der Waals surface area contributed by atoms with E-state index >= 15 is 0 Å². The van der Waals surface area contributed by atoms with Crippen molar-refractivity contribution in [3.63, 3.8) is 0 Å². The van der Waals surface area contributed by atoms with Crippen LogP contribution in [0.5, 0.6) is 0 Å². The van der Waals surface area contributed by atoms with Crippen LogP contribution in [-0.4, -0.2) is 12.6 Å². The van der Waals surface area contributed by atoms with E-state index in [1.807, 2.05) is 0 Å². The van der Waals surface area contributed by atoms with Gasteiger partial charge in [-0.1, -0.05) is 57.0 Å². The number of rotatable bonds is 6. The van der Waals surface area contributed by atoms with Gasteiger partial charge < -0.3 is 5.32 Å². The highest BCUT2D eigenvalue weighted by Gasteiger charge is 2.28. The molecule has 0 spiro atoms. The second kappa shape index (κ2) is 6.96. The number of hydrogen-bond donors (Lipinski definition) is 1. The largest absolute Gasteiger partial charge is 0.313 e. The highest BCUT2D eigenvalue weighted by Crippen LogP contribution is 2.38. The lowest BCUT2D eigenvalue weighted by Gasteiger charge is -2.34. The van der Waals surface area contributed by atoms with Gasteiger partial charge in [0.05, 0.1) is 0 Å². The highest BCUT2D eigenvalue weighted by molar-refractivity contribution is 5.20. The maximum Gasteiger partial charge on any atom is 0.00684 e. The normalized spacial score (nSPS) is 31.0. The van der Waals surface area contributed by atoms with Crippen molar-refractivity contribution in [2.45, 2.75) is 64.3 Å². The summed E-state index contributed by atoms with van der Waals surface area (Å²) in [6, 6.07) is 12.0. The molecule has 1 N–H and O–H groups in total. The van der Waals surface area contributed by atoms with Crippen molar-refractivity contribution >= 4 is 0 Å². The van der Waals surface area contributed by atoms with E-state index in [4.69, 9.17) is 0 Å². The molecule has 1 aromatic rings. The Kier molecular flexibility index (Phi) is 5.00. The van der Waals surface area contributed by atoms with Crippen LogP contribution in [0.2, 0.25) is 0 Å². The van der Waals surface area contributed by atoms with E-state index < -0.39 is 0 Å². The average molecular weight is 285 g/mol. The minimum atomic E-state index is 0.706. The summed E-state index contributed by atoms with van der Waals surface area (Å²) in [6.07, 6.45) is 8.47. The van der Waals surface area contributed by atoms with Crippen LogP contribution in [0.15, 0.2) is 30.3 Å². The summed E-state index contributed by atoms with van der Waals surface area (Å²) < 4.78 is 0. The van der Waals surface area contributed by atoms with E-state index in [2.05, 4.69) is 49.5 Å². The van der Waals surface area contributed by atoms with Gasteiger partial charge in [0.1, 0.15) is 0 Å². The van der Waals surface area contributed by atoms with Gasteiger partial charge in [0.15, 0.2) is 0 Å². The average Bonchev–Trinajstić information content (AvgIpc) is 3.32. The van der Waals surface area contributed by atoms with Crippen LogP contribution >= 0.6 is 0 Å². The molecule has 1 aromatic carbocycles. The SMILES string of the molecule is CC1CCC(CC(CNC2CC2)c2ccccc2)CC1C. The fourth-order valence-electron chi connectivity index (χ4n) is 3.93. The molecule has 0 saturated heterocycles. The Bertz CT molecular complexity index is 423. The summed E-state index contributed by atoms with van der Waals surface area (Å²) in [5, 5.41) is 3.76. The first-order valence-electron chi connectivity index (χ1n) is 9.00. The van der Waals surface area contributed by atoms with Crippen LogP contribution in [0.25, 0.3) is 0 Å². The molecule has 2 aliphatic carbocycles. The van der Waals surface area contributed by atoms with Crippen LogP contribution in [0.1, 0.15) is 63.9 Å². The summed E-state index contributed by atoms with van der Waals surface area (Å²) in [5.74, 6) is 3.48. The van der Waals surface area contributed by atoms with Crippen LogP contribution in [0, 0.1) is 17.8 Å². The summed E-state index contributed by atoms with van der Waals surface area (Å²) in [6.45, 7) is 6.07. The monoisotopic (exact) mass is 285 g/mol. The predicted molar refractivity (Wildman–Crippen MR) is 90.5 cm³/mol. The molecule has 4 atom stereocenters. The molecule has 2 aliphatic rings. The molecular formula is C20H31N. The lowest BCUT2D eigenvalue weighted by atomic mass is 9.72. The third-order valence-corrected chi connectivity index (χ3v) is 5.83. The van der Waals surface area contributed by atoms with E-state index in [1.165, 1.54) is 50.6 Å². The third-order valence-electron chi connectivity index (χ3n) is 5.83. The minimum absolute atomic E-state index is 0.706. The lowest BCUT2D eigenvalue weighted by Crippen LogP contribution is -2.27. The smallest absolute Gasteiger partial charge is 0.00684 e. The van der Waals surface area contributed by atoms with Gasteiger partial charge in [0.2, 0.25) is 0 Å². The highest BCUT2D eigenvalue weighted by atomic mass is 14.9. The van der Waals surface area contributed by atoms with Gasteiger partial charge in [0.25, 0.3) is 0 Å². The Morgan fingerprint density at radius 2 is 1.76 bits per heavy atom. The van der Waals surface area contributed by atoms with Crippen molar-refractivity contribution in [3.05, 3.63) is 35.9 Å². The Morgan fingerprint density at radius 1 is 1.00 bits per heavy atom. The molecule has 116 valence electrons. The molecule has 2 fully saturated rings. The van der Waals surface area contributed by atoms with Gasteiger partial charge in [-0.2, -0.15) is 0 Å². The van der Waals surface area contributed by atoms with Crippen molar-refractivity contribution < 1.29 is 0 Å². The van der Waals surface area contributed by atoms with E-state index in [1.54, 1.807) is 0 Å². The number of hydrogen-bond acceptors (Lipinski definition) is 1. The van der Waals surface area contributed by atoms with Crippen molar-refractivity contribution in [2.75, 3.05) is 6.54 Å². The fraction of sp³-hybridized carbons (Fsp3) is 0.700. The first-order chi connectivity index (χ1) is 10.2. The van der Waals surface area contributed by atoms with Gasteiger partial charge >= 0.3 is 0 Å². The second-order valence-electron chi connectivity index (χ2n) is 7.66. The molecule has 4 unspecified atom stereocenters. The third kappa shape index (κ3) is 4.32. The fourth-order valence-corrected chi connectivity index (χ4v) is 3.93. The topological polar surface area (TPSA) is 12.0 Å². The molecule has 2 saturated carbocycles. The molecular weight excluding hydrogens is 254 g/mol. The molecule has 0 aliphatic heterocycles. The van der Waals surface area contributed by atoms with Crippen LogP contribution in [0.4, 0.5) is 0 Å². The lowest BCUT2D eigenvalue weighted by molar-refractivity contribution is 0.192. The van der Waals surface area contributed by atoms with Gasteiger partial charge in [0, 0.05) is 12.6 Å². The molecule has 0 heterocycles. The standard InChI is InChI=1S/C20H31N/c1-15-8-9-17(12-16(15)2)13-19(14-21-20-10-11-20)18-6-4-3-5-7-18/h3-7,15-17,19-21H,8-14H2,1-2H3. The zero-order valence-electron chi connectivity index (χ0n) is 13.7. The van der Waals surface area contributed by atoms with E-state index in [-0.39, 0.29) is 0 Å². The molecule has 0 aromatic heterocycles. The Labute approximate surface area is 130 Å². The molecule has 0 bridgehead atoms. The molecule has 1 nitrogen and oxygen atoms in total. The van der Waals surface area contributed by atoms with E-state index in [0.717, 1.165) is 23.8 Å². The maximum atomic E-state index is 3.76. The zero-order valence-corrected chi connectivity index (χ0v) is 13.7.